The molecule has 0 atom stereocenters. The fraction of sp³-hybridized carbons (Fsp3) is 0.167. The quantitative estimate of drug-likeness (QED) is 0.819. The highest BCUT2D eigenvalue weighted by molar-refractivity contribution is 6.34. The first-order valence-electron chi connectivity index (χ1n) is 5.29. The summed E-state index contributed by atoms with van der Waals surface area (Å²) in [6, 6.07) is 6.46. The second kappa shape index (κ2) is 4.70. The molecule has 0 aliphatic heterocycles. The summed E-state index contributed by atoms with van der Waals surface area (Å²) in [4.78, 5) is 12.0. The van der Waals surface area contributed by atoms with E-state index in [1.807, 2.05) is 0 Å². The van der Waals surface area contributed by atoms with E-state index < -0.39 is 5.91 Å². The molecule has 0 spiro atoms. The Morgan fingerprint density at radius 3 is 2.67 bits per heavy atom. The third kappa shape index (κ3) is 2.17. The fourth-order valence-corrected chi connectivity index (χ4v) is 1.73. The summed E-state index contributed by atoms with van der Waals surface area (Å²) >= 11 is 6.01. The minimum absolute atomic E-state index is 0.00498. The minimum Gasteiger partial charge on any atom is -0.506 e. The van der Waals surface area contributed by atoms with E-state index in [1.54, 1.807) is 32.2 Å². The fourth-order valence-electron chi connectivity index (χ4n) is 1.49. The standard InChI is InChI=1S/C12H12ClN3O2/c1-7-10(13)11(15-16(7)2)12(18)14-8-5-3-4-6-9(8)17/h3-6,17H,1-2H3,(H,14,18). The Balaban J connectivity index is 2.28. The highest BCUT2D eigenvalue weighted by Crippen LogP contribution is 2.24. The first-order valence-corrected chi connectivity index (χ1v) is 5.67. The van der Waals surface area contributed by atoms with Crippen molar-refractivity contribution in [1.82, 2.24) is 9.78 Å². The van der Waals surface area contributed by atoms with E-state index in [1.165, 1.54) is 10.7 Å². The largest absolute Gasteiger partial charge is 0.506 e. The van der Waals surface area contributed by atoms with E-state index in [4.69, 9.17) is 11.6 Å². The van der Waals surface area contributed by atoms with Gasteiger partial charge in [-0.05, 0) is 19.1 Å². The molecule has 2 rings (SSSR count). The van der Waals surface area contributed by atoms with Crippen LogP contribution >= 0.6 is 11.6 Å². The number of carbonyl (C=O) groups is 1. The number of nitrogens with one attached hydrogen (secondary N) is 1. The lowest BCUT2D eigenvalue weighted by atomic mass is 10.2. The first-order chi connectivity index (χ1) is 8.50. The zero-order chi connectivity index (χ0) is 13.3. The highest BCUT2D eigenvalue weighted by atomic mass is 35.5. The van der Waals surface area contributed by atoms with Crippen molar-refractivity contribution in [3.63, 3.8) is 0 Å². The molecule has 18 heavy (non-hydrogen) atoms. The zero-order valence-electron chi connectivity index (χ0n) is 9.94. The van der Waals surface area contributed by atoms with E-state index in [-0.39, 0.29) is 11.4 Å². The van der Waals surface area contributed by atoms with Gasteiger partial charge in [-0.3, -0.25) is 9.48 Å². The molecule has 0 radical (unpaired) electrons. The van der Waals surface area contributed by atoms with Crippen molar-refractivity contribution in [2.45, 2.75) is 6.92 Å². The molecule has 1 amide bonds. The van der Waals surface area contributed by atoms with Crippen LogP contribution < -0.4 is 5.32 Å². The second-order valence-corrected chi connectivity index (χ2v) is 4.22. The molecule has 0 bridgehead atoms. The Hall–Kier alpha value is -2.01. The molecule has 0 saturated carbocycles. The Morgan fingerprint density at radius 2 is 2.11 bits per heavy atom. The SMILES string of the molecule is Cc1c(Cl)c(C(=O)Nc2ccccc2O)nn1C. The van der Waals surface area contributed by atoms with E-state index >= 15 is 0 Å². The van der Waals surface area contributed by atoms with Crippen LogP contribution in [0.5, 0.6) is 5.75 Å². The summed E-state index contributed by atoms with van der Waals surface area (Å²) < 4.78 is 1.53. The number of benzene rings is 1. The predicted octanol–water partition coefficient (Wildman–Crippen LogP) is 2.34. The molecule has 0 fully saturated rings. The molecule has 0 saturated heterocycles. The molecule has 2 aromatic rings. The van der Waals surface area contributed by atoms with Crippen LogP contribution in [0.25, 0.3) is 0 Å². The van der Waals surface area contributed by atoms with Gasteiger partial charge in [-0.2, -0.15) is 5.10 Å². The number of rotatable bonds is 2. The molecule has 1 aromatic carbocycles. The maximum atomic E-state index is 12.0. The van der Waals surface area contributed by atoms with Gasteiger partial charge in [-0.25, -0.2) is 0 Å². The molecule has 1 aromatic heterocycles. The van der Waals surface area contributed by atoms with Gasteiger partial charge in [0.15, 0.2) is 5.69 Å². The molecule has 0 aliphatic rings. The summed E-state index contributed by atoms with van der Waals surface area (Å²) in [7, 11) is 1.71. The number of phenols is 1. The smallest absolute Gasteiger partial charge is 0.277 e. The van der Waals surface area contributed by atoms with Crippen LogP contribution in [-0.2, 0) is 7.05 Å². The topological polar surface area (TPSA) is 67.2 Å². The Kier molecular flexibility index (Phi) is 3.25. The number of para-hydroxylation sites is 2. The summed E-state index contributed by atoms with van der Waals surface area (Å²) in [5.74, 6) is -0.458. The van der Waals surface area contributed by atoms with Gasteiger partial charge in [0.05, 0.1) is 16.4 Å². The lowest BCUT2D eigenvalue weighted by Gasteiger charge is -2.05. The van der Waals surface area contributed by atoms with Gasteiger partial charge >= 0.3 is 0 Å². The number of amides is 1. The third-order valence-corrected chi connectivity index (χ3v) is 3.08. The normalized spacial score (nSPS) is 10.4. The molecular weight excluding hydrogens is 254 g/mol. The van der Waals surface area contributed by atoms with Crippen LogP contribution in [0.4, 0.5) is 5.69 Å². The van der Waals surface area contributed by atoms with Crippen LogP contribution in [-0.4, -0.2) is 20.8 Å². The number of hydrogen-bond donors (Lipinski definition) is 2. The van der Waals surface area contributed by atoms with Gasteiger partial charge in [0.1, 0.15) is 5.75 Å². The monoisotopic (exact) mass is 265 g/mol. The molecule has 1 heterocycles. The number of phenolic OH excluding ortho intramolecular Hbond substituents is 1. The highest BCUT2D eigenvalue weighted by Gasteiger charge is 2.18. The predicted molar refractivity (Wildman–Crippen MR) is 69.0 cm³/mol. The Bertz CT molecular complexity index is 607. The molecule has 0 unspecified atom stereocenters. The zero-order valence-corrected chi connectivity index (χ0v) is 10.7. The van der Waals surface area contributed by atoms with Crippen molar-refractivity contribution in [2.75, 3.05) is 5.32 Å². The van der Waals surface area contributed by atoms with Crippen LogP contribution in [0.1, 0.15) is 16.2 Å². The van der Waals surface area contributed by atoms with Gasteiger partial charge in [-0.1, -0.05) is 23.7 Å². The minimum atomic E-state index is -0.454. The van der Waals surface area contributed by atoms with Crippen LogP contribution in [0.2, 0.25) is 5.02 Å². The first kappa shape index (κ1) is 12.4. The number of aromatic hydroxyl groups is 1. The van der Waals surface area contributed by atoms with Gasteiger partial charge in [0.2, 0.25) is 0 Å². The van der Waals surface area contributed by atoms with Gasteiger partial charge in [0.25, 0.3) is 5.91 Å². The van der Waals surface area contributed by atoms with Crippen LogP contribution in [0.3, 0.4) is 0 Å². The number of carbonyl (C=O) groups excluding carboxylic acids is 1. The number of hydrogen-bond acceptors (Lipinski definition) is 3. The van der Waals surface area contributed by atoms with Crippen LogP contribution in [0, 0.1) is 6.92 Å². The molecule has 94 valence electrons. The number of anilines is 1. The second-order valence-electron chi connectivity index (χ2n) is 3.84. The van der Waals surface area contributed by atoms with Gasteiger partial charge in [-0.15, -0.1) is 0 Å². The van der Waals surface area contributed by atoms with E-state index in [0.717, 1.165) is 0 Å². The van der Waals surface area contributed by atoms with Crippen LogP contribution in [0.15, 0.2) is 24.3 Å². The van der Waals surface area contributed by atoms with E-state index in [2.05, 4.69) is 10.4 Å². The maximum absolute atomic E-state index is 12.0. The molecule has 6 heteroatoms. The van der Waals surface area contributed by atoms with Crippen molar-refractivity contribution in [3.05, 3.63) is 40.7 Å². The average Bonchev–Trinajstić information content (AvgIpc) is 2.60. The average molecular weight is 266 g/mol. The number of aromatic nitrogens is 2. The molecular formula is C12H12ClN3O2. The number of aryl methyl sites for hydroxylation is 1. The summed E-state index contributed by atoms with van der Waals surface area (Å²) in [6.07, 6.45) is 0. The number of halogens is 1. The number of nitrogens with zero attached hydrogens (tertiary/aromatic N) is 2. The summed E-state index contributed by atoms with van der Waals surface area (Å²) in [5.41, 5.74) is 1.17. The van der Waals surface area contributed by atoms with E-state index in [0.29, 0.717) is 16.4 Å². The van der Waals surface area contributed by atoms with Gasteiger partial charge in [0, 0.05) is 7.05 Å². The van der Waals surface area contributed by atoms with Crippen molar-refractivity contribution < 1.29 is 9.90 Å². The maximum Gasteiger partial charge on any atom is 0.277 e. The molecule has 0 aliphatic carbocycles. The third-order valence-electron chi connectivity index (χ3n) is 2.63. The summed E-state index contributed by atoms with van der Waals surface area (Å²) in [5, 5.41) is 16.5. The summed E-state index contributed by atoms with van der Waals surface area (Å²) in [6.45, 7) is 1.77. The Labute approximate surface area is 109 Å². The van der Waals surface area contributed by atoms with E-state index in [9.17, 15) is 9.90 Å². The molecule has 5 nitrogen and oxygen atoms in total. The van der Waals surface area contributed by atoms with Crippen molar-refractivity contribution in [3.8, 4) is 5.75 Å². The van der Waals surface area contributed by atoms with Crippen molar-refractivity contribution in [1.29, 1.82) is 0 Å². The van der Waals surface area contributed by atoms with Gasteiger partial charge < -0.3 is 10.4 Å². The molecule has 2 N–H and O–H groups in total. The Morgan fingerprint density at radius 1 is 1.44 bits per heavy atom. The van der Waals surface area contributed by atoms with Crippen molar-refractivity contribution in [2.24, 2.45) is 7.05 Å². The lowest BCUT2D eigenvalue weighted by Crippen LogP contribution is -2.13. The lowest BCUT2D eigenvalue weighted by molar-refractivity contribution is 0.102. The van der Waals surface area contributed by atoms with Crippen molar-refractivity contribution >= 4 is 23.2 Å².